The Balaban J connectivity index is 2.19. The minimum absolute atomic E-state index is 0.332. The average molecular weight is 282 g/mol. The number of sulfonamides is 1. The van der Waals surface area contributed by atoms with Gasteiger partial charge in [0.25, 0.3) is 0 Å². The SMILES string of the molecule is CNC1CCN(S(=O)(=O)c2ccc(C)cc2)CC1C. The van der Waals surface area contributed by atoms with Crippen LogP contribution in [0.15, 0.2) is 29.2 Å². The molecule has 1 aromatic rings. The lowest BCUT2D eigenvalue weighted by atomic mass is 9.96. The van der Waals surface area contributed by atoms with Gasteiger partial charge < -0.3 is 5.32 Å². The van der Waals surface area contributed by atoms with Crippen molar-refractivity contribution in [1.82, 2.24) is 9.62 Å². The number of nitrogens with zero attached hydrogens (tertiary/aromatic N) is 1. The molecule has 1 heterocycles. The zero-order valence-corrected chi connectivity index (χ0v) is 12.6. The van der Waals surface area contributed by atoms with E-state index in [0.717, 1.165) is 12.0 Å². The Morgan fingerprint density at radius 3 is 2.42 bits per heavy atom. The van der Waals surface area contributed by atoms with E-state index in [2.05, 4.69) is 12.2 Å². The molecule has 1 N–H and O–H groups in total. The molecule has 0 radical (unpaired) electrons. The predicted molar refractivity (Wildman–Crippen MR) is 76.6 cm³/mol. The van der Waals surface area contributed by atoms with E-state index < -0.39 is 10.0 Å². The summed E-state index contributed by atoms with van der Waals surface area (Å²) in [7, 11) is -1.40. The van der Waals surface area contributed by atoms with Gasteiger partial charge in [-0.2, -0.15) is 4.31 Å². The minimum Gasteiger partial charge on any atom is -0.317 e. The lowest BCUT2D eigenvalue weighted by molar-refractivity contribution is 0.228. The third kappa shape index (κ3) is 2.99. The molecule has 106 valence electrons. The number of rotatable bonds is 3. The molecule has 19 heavy (non-hydrogen) atoms. The summed E-state index contributed by atoms with van der Waals surface area (Å²) >= 11 is 0. The fourth-order valence-corrected chi connectivity index (χ4v) is 4.17. The Morgan fingerprint density at radius 1 is 1.26 bits per heavy atom. The normalized spacial score (nSPS) is 25.4. The highest BCUT2D eigenvalue weighted by molar-refractivity contribution is 7.89. The third-order valence-corrected chi connectivity index (χ3v) is 5.78. The maximum Gasteiger partial charge on any atom is 0.243 e. The lowest BCUT2D eigenvalue weighted by Gasteiger charge is -2.36. The first kappa shape index (κ1) is 14.5. The van der Waals surface area contributed by atoms with E-state index in [0.29, 0.717) is 29.9 Å². The second kappa shape index (κ2) is 5.61. The van der Waals surface area contributed by atoms with Crippen molar-refractivity contribution in [1.29, 1.82) is 0 Å². The number of hydrogen-bond donors (Lipinski definition) is 1. The number of aryl methyl sites for hydroxylation is 1. The first-order chi connectivity index (χ1) is 8.95. The van der Waals surface area contributed by atoms with Gasteiger partial charge in [0, 0.05) is 19.1 Å². The molecule has 0 aromatic heterocycles. The van der Waals surface area contributed by atoms with Crippen LogP contribution in [0.5, 0.6) is 0 Å². The summed E-state index contributed by atoms with van der Waals surface area (Å²) in [5.41, 5.74) is 1.07. The summed E-state index contributed by atoms with van der Waals surface area (Å²) < 4.78 is 26.7. The van der Waals surface area contributed by atoms with Crippen molar-refractivity contribution in [3.8, 4) is 0 Å². The fraction of sp³-hybridized carbons (Fsp3) is 0.571. The zero-order chi connectivity index (χ0) is 14.0. The Kier molecular flexibility index (Phi) is 4.28. The highest BCUT2D eigenvalue weighted by Gasteiger charge is 2.32. The summed E-state index contributed by atoms with van der Waals surface area (Å²) in [5.74, 6) is 0.332. The Hall–Kier alpha value is -0.910. The predicted octanol–water partition coefficient (Wildman–Crippen LogP) is 1.61. The monoisotopic (exact) mass is 282 g/mol. The smallest absolute Gasteiger partial charge is 0.243 e. The summed E-state index contributed by atoms with van der Waals surface area (Å²) in [6.45, 7) is 5.22. The number of hydrogen-bond acceptors (Lipinski definition) is 3. The zero-order valence-electron chi connectivity index (χ0n) is 11.8. The van der Waals surface area contributed by atoms with Crippen LogP contribution >= 0.6 is 0 Å². The number of nitrogens with one attached hydrogen (secondary N) is 1. The fourth-order valence-electron chi connectivity index (χ4n) is 2.61. The molecule has 2 atom stereocenters. The van der Waals surface area contributed by atoms with Crippen LogP contribution in [0.2, 0.25) is 0 Å². The molecule has 4 nitrogen and oxygen atoms in total. The van der Waals surface area contributed by atoms with Gasteiger partial charge in [-0.1, -0.05) is 24.6 Å². The Labute approximate surface area is 115 Å². The van der Waals surface area contributed by atoms with Crippen molar-refractivity contribution in [3.05, 3.63) is 29.8 Å². The maximum atomic E-state index is 12.5. The third-order valence-electron chi connectivity index (χ3n) is 3.90. The summed E-state index contributed by atoms with van der Waals surface area (Å²) in [6, 6.07) is 7.48. The van der Waals surface area contributed by atoms with Crippen molar-refractivity contribution in [3.63, 3.8) is 0 Å². The van der Waals surface area contributed by atoms with Crippen LogP contribution in [0.3, 0.4) is 0 Å². The van der Waals surface area contributed by atoms with Crippen LogP contribution in [0.4, 0.5) is 0 Å². The summed E-state index contributed by atoms with van der Waals surface area (Å²) in [5, 5.41) is 3.25. The average Bonchev–Trinajstić information content (AvgIpc) is 2.39. The molecule has 1 saturated heterocycles. The van der Waals surface area contributed by atoms with Crippen LogP contribution in [0, 0.1) is 12.8 Å². The largest absolute Gasteiger partial charge is 0.317 e. The van der Waals surface area contributed by atoms with Crippen LogP contribution in [0.1, 0.15) is 18.9 Å². The van der Waals surface area contributed by atoms with Crippen molar-refractivity contribution < 1.29 is 8.42 Å². The van der Waals surface area contributed by atoms with Crippen LogP contribution < -0.4 is 5.32 Å². The van der Waals surface area contributed by atoms with Gasteiger partial charge in [0.2, 0.25) is 10.0 Å². The first-order valence-electron chi connectivity index (χ1n) is 6.69. The maximum absolute atomic E-state index is 12.5. The van der Waals surface area contributed by atoms with Crippen molar-refractivity contribution in [2.24, 2.45) is 5.92 Å². The molecule has 0 amide bonds. The molecule has 0 saturated carbocycles. The Bertz CT molecular complexity index is 525. The molecule has 0 spiro atoms. The van der Waals surface area contributed by atoms with Crippen molar-refractivity contribution in [2.75, 3.05) is 20.1 Å². The minimum atomic E-state index is -3.34. The van der Waals surface area contributed by atoms with Gasteiger partial charge in [0.05, 0.1) is 4.90 Å². The molecule has 2 unspecified atom stereocenters. The van der Waals surface area contributed by atoms with Gasteiger partial charge in [-0.15, -0.1) is 0 Å². The van der Waals surface area contributed by atoms with Crippen molar-refractivity contribution >= 4 is 10.0 Å². The van der Waals surface area contributed by atoms with E-state index in [1.807, 2.05) is 26.1 Å². The van der Waals surface area contributed by atoms with E-state index in [4.69, 9.17) is 0 Å². The molecule has 1 aliphatic rings. The van der Waals surface area contributed by atoms with E-state index in [9.17, 15) is 8.42 Å². The van der Waals surface area contributed by atoms with Gasteiger partial charge in [-0.3, -0.25) is 0 Å². The molecular formula is C14H22N2O2S. The molecule has 5 heteroatoms. The van der Waals surface area contributed by atoms with E-state index in [1.165, 1.54) is 0 Å². The molecule has 1 aromatic carbocycles. The second-order valence-electron chi connectivity index (χ2n) is 5.34. The molecule has 1 aliphatic heterocycles. The topological polar surface area (TPSA) is 49.4 Å². The molecule has 0 aliphatic carbocycles. The van der Waals surface area contributed by atoms with Gasteiger partial charge in [-0.05, 0) is 38.4 Å². The van der Waals surface area contributed by atoms with Gasteiger partial charge in [-0.25, -0.2) is 8.42 Å². The van der Waals surface area contributed by atoms with Gasteiger partial charge in [0.15, 0.2) is 0 Å². The lowest BCUT2D eigenvalue weighted by Crippen LogP contribution is -2.49. The van der Waals surface area contributed by atoms with Crippen LogP contribution in [-0.2, 0) is 10.0 Å². The highest BCUT2D eigenvalue weighted by Crippen LogP contribution is 2.23. The summed E-state index contributed by atoms with van der Waals surface area (Å²) in [6.07, 6.45) is 0.864. The quantitative estimate of drug-likeness (QED) is 0.916. The molecule has 2 rings (SSSR count). The van der Waals surface area contributed by atoms with Gasteiger partial charge >= 0.3 is 0 Å². The Morgan fingerprint density at radius 2 is 1.89 bits per heavy atom. The van der Waals surface area contributed by atoms with Crippen LogP contribution in [-0.4, -0.2) is 38.9 Å². The van der Waals surface area contributed by atoms with Gasteiger partial charge in [0.1, 0.15) is 0 Å². The molecular weight excluding hydrogens is 260 g/mol. The van der Waals surface area contributed by atoms with E-state index in [1.54, 1.807) is 16.4 Å². The highest BCUT2D eigenvalue weighted by atomic mass is 32.2. The number of piperidine rings is 1. The van der Waals surface area contributed by atoms with Crippen LogP contribution in [0.25, 0.3) is 0 Å². The van der Waals surface area contributed by atoms with Crippen molar-refractivity contribution in [2.45, 2.75) is 31.2 Å². The number of benzene rings is 1. The molecule has 0 bridgehead atoms. The molecule has 1 fully saturated rings. The standard InChI is InChI=1S/C14H22N2O2S/c1-11-4-6-13(7-5-11)19(17,18)16-9-8-14(15-3)12(2)10-16/h4-7,12,14-15H,8-10H2,1-3H3. The first-order valence-corrected chi connectivity index (χ1v) is 8.13. The second-order valence-corrected chi connectivity index (χ2v) is 7.28. The summed E-state index contributed by atoms with van der Waals surface area (Å²) in [4.78, 5) is 0.396. The van der Waals surface area contributed by atoms with E-state index in [-0.39, 0.29) is 0 Å². The van der Waals surface area contributed by atoms with E-state index >= 15 is 0 Å².